The van der Waals surface area contributed by atoms with Gasteiger partial charge >= 0.3 is 5.97 Å². The standard InChI is InChI=1S/C30H35BrO4/c1-18-15-26-24-10-7-21-17-23(33)11-13-28(21,3)25(24)12-14-29(26,4)30(18,19(2)32)35-27(34)16-20-5-8-22(31)9-6-20/h5-10,17-18,24-26H,11-16H2,1-4H3/t18-,24+,25-,26-,28-,29-,30-/m0/s1. The summed E-state index contributed by atoms with van der Waals surface area (Å²) in [7, 11) is 0. The summed E-state index contributed by atoms with van der Waals surface area (Å²) >= 11 is 3.43. The molecule has 1 aromatic carbocycles. The lowest BCUT2D eigenvalue weighted by molar-refractivity contribution is -0.192. The topological polar surface area (TPSA) is 60.4 Å². The van der Waals surface area contributed by atoms with E-state index in [1.807, 2.05) is 30.3 Å². The molecule has 0 amide bonds. The summed E-state index contributed by atoms with van der Waals surface area (Å²) in [6.07, 6.45) is 10.7. The smallest absolute Gasteiger partial charge is 0.311 e. The van der Waals surface area contributed by atoms with Crippen molar-refractivity contribution in [2.75, 3.05) is 0 Å². The molecular formula is C30H35BrO4. The average Bonchev–Trinajstić information content (AvgIpc) is 3.03. The third-order valence-corrected chi connectivity index (χ3v) is 10.6. The normalized spacial score (nSPS) is 39.8. The maximum Gasteiger partial charge on any atom is 0.311 e. The first-order valence-electron chi connectivity index (χ1n) is 12.9. The van der Waals surface area contributed by atoms with Crippen LogP contribution in [0, 0.1) is 34.5 Å². The van der Waals surface area contributed by atoms with Crippen molar-refractivity contribution in [3.63, 3.8) is 0 Å². The van der Waals surface area contributed by atoms with E-state index < -0.39 is 11.0 Å². The predicted molar refractivity (Wildman–Crippen MR) is 139 cm³/mol. The van der Waals surface area contributed by atoms with Gasteiger partial charge in [-0.15, -0.1) is 0 Å². The maximum atomic E-state index is 13.4. The second-order valence-electron chi connectivity index (χ2n) is 11.8. The first kappa shape index (κ1) is 24.7. The predicted octanol–water partition coefficient (Wildman–Crippen LogP) is 6.42. The van der Waals surface area contributed by atoms with Crippen molar-refractivity contribution in [3.8, 4) is 0 Å². The molecule has 7 atom stereocenters. The van der Waals surface area contributed by atoms with Crippen LogP contribution in [-0.4, -0.2) is 23.1 Å². The minimum absolute atomic E-state index is 0.00235. The Labute approximate surface area is 216 Å². The van der Waals surface area contributed by atoms with Crippen molar-refractivity contribution in [2.45, 2.75) is 71.8 Å². The number of ether oxygens (including phenoxy) is 1. The third-order valence-electron chi connectivity index (χ3n) is 10.1. The molecule has 0 radical (unpaired) electrons. The van der Waals surface area contributed by atoms with Crippen molar-refractivity contribution in [1.82, 2.24) is 0 Å². The van der Waals surface area contributed by atoms with E-state index in [2.05, 4.69) is 48.9 Å². The fourth-order valence-corrected chi connectivity index (χ4v) is 8.62. The number of carbonyl (C=O) groups excluding carboxylic acids is 3. The molecule has 2 saturated carbocycles. The Hall–Kier alpha value is -2.01. The second-order valence-corrected chi connectivity index (χ2v) is 12.7. The van der Waals surface area contributed by atoms with E-state index in [4.69, 9.17) is 4.74 Å². The molecule has 0 bridgehead atoms. The van der Waals surface area contributed by atoms with E-state index in [1.54, 1.807) is 6.92 Å². The molecule has 4 aliphatic rings. The molecule has 0 aromatic heterocycles. The molecule has 1 aromatic rings. The van der Waals surface area contributed by atoms with Crippen LogP contribution in [0.5, 0.6) is 0 Å². The molecule has 35 heavy (non-hydrogen) atoms. The number of esters is 1. The molecule has 0 aliphatic heterocycles. The van der Waals surface area contributed by atoms with Crippen molar-refractivity contribution in [1.29, 1.82) is 0 Å². The zero-order valence-electron chi connectivity index (χ0n) is 21.1. The number of allylic oxidation sites excluding steroid dienone is 4. The van der Waals surface area contributed by atoms with Crippen LogP contribution in [0.1, 0.15) is 65.4 Å². The van der Waals surface area contributed by atoms with Crippen LogP contribution in [0.2, 0.25) is 0 Å². The van der Waals surface area contributed by atoms with Crippen LogP contribution in [0.3, 0.4) is 0 Å². The number of hydrogen-bond acceptors (Lipinski definition) is 4. The summed E-state index contributed by atoms with van der Waals surface area (Å²) < 4.78 is 7.28. The minimum Gasteiger partial charge on any atom is -0.450 e. The van der Waals surface area contributed by atoms with Gasteiger partial charge < -0.3 is 4.74 Å². The highest BCUT2D eigenvalue weighted by Crippen LogP contribution is 2.68. The number of halogens is 1. The number of rotatable bonds is 4. The van der Waals surface area contributed by atoms with Gasteiger partial charge in [0, 0.05) is 22.2 Å². The van der Waals surface area contributed by atoms with Gasteiger partial charge in [-0.25, -0.2) is 0 Å². The summed E-state index contributed by atoms with van der Waals surface area (Å²) in [6.45, 7) is 8.21. The van der Waals surface area contributed by atoms with Crippen LogP contribution in [0.25, 0.3) is 0 Å². The van der Waals surface area contributed by atoms with E-state index >= 15 is 0 Å². The highest BCUT2D eigenvalue weighted by atomic mass is 79.9. The second kappa shape index (κ2) is 8.54. The summed E-state index contributed by atoms with van der Waals surface area (Å²) in [6, 6.07) is 7.65. The Morgan fingerprint density at radius 1 is 1.11 bits per heavy atom. The van der Waals surface area contributed by atoms with Crippen LogP contribution >= 0.6 is 15.9 Å². The molecule has 186 valence electrons. The fourth-order valence-electron chi connectivity index (χ4n) is 8.35. The largest absolute Gasteiger partial charge is 0.450 e. The summed E-state index contributed by atoms with van der Waals surface area (Å²) in [5.41, 5.74) is 0.520. The molecule has 0 heterocycles. The van der Waals surface area contributed by atoms with Gasteiger partial charge in [-0.1, -0.05) is 61.0 Å². The molecule has 4 aliphatic carbocycles. The van der Waals surface area contributed by atoms with Gasteiger partial charge in [-0.2, -0.15) is 0 Å². The highest BCUT2D eigenvalue weighted by Gasteiger charge is 2.70. The average molecular weight is 540 g/mol. The van der Waals surface area contributed by atoms with E-state index in [1.165, 1.54) is 5.57 Å². The molecule has 0 N–H and O–H groups in total. The molecule has 5 rings (SSSR count). The van der Waals surface area contributed by atoms with E-state index in [9.17, 15) is 14.4 Å². The number of benzene rings is 1. The summed E-state index contributed by atoms with van der Waals surface area (Å²) in [5.74, 6) is 0.829. The van der Waals surface area contributed by atoms with Gasteiger partial charge in [0.25, 0.3) is 0 Å². The Bertz CT molecular complexity index is 1130. The number of hydrogen-bond donors (Lipinski definition) is 0. The lowest BCUT2D eigenvalue weighted by Crippen LogP contribution is -2.60. The Kier molecular flexibility index (Phi) is 6.02. The van der Waals surface area contributed by atoms with Gasteiger partial charge in [-0.05, 0) is 85.1 Å². The fraction of sp³-hybridized carbons (Fsp3) is 0.567. The lowest BCUT2D eigenvalue weighted by atomic mass is 9.48. The SMILES string of the molecule is CC(=O)[C@@]1(OC(=O)Cc2ccc(Br)cc2)[C@@H](C)C[C@H]2[C@@H]3C=CC4=CC(=O)CC[C@]4(C)[C@H]3CC[C@@]21C. The number of ketones is 2. The molecule has 0 spiro atoms. The van der Waals surface area contributed by atoms with Gasteiger partial charge in [0.15, 0.2) is 17.2 Å². The van der Waals surface area contributed by atoms with Crippen LogP contribution in [0.4, 0.5) is 0 Å². The van der Waals surface area contributed by atoms with Gasteiger partial charge in [0.05, 0.1) is 6.42 Å². The Morgan fingerprint density at radius 3 is 2.51 bits per heavy atom. The Balaban J connectivity index is 1.47. The quantitative estimate of drug-likeness (QED) is 0.415. The molecule has 4 nitrogen and oxygen atoms in total. The lowest BCUT2D eigenvalue weighted by Gasteiger charge is -2.57. The van der Waals surface area contributed by atoms with Crippen LogP contribution in [-0.2, 0) is 25.5 Å². The van der Waals surface area contributed by atoms with Crippen LogP contribution in [0.15, 0.2) is 52.5 Å². The van der Waals surface area contributed by atoms with Crippen molar-refractivity contribution >= 4 is 33.5 Å². The van der Waals surface area contributed by atoms with Gasteiger partial charge in [0.1, 0.15) is 0 Å². The number of fused-ring (bicyclic) bond motifs is 5. The first-order chi connectivity index (χ1) is 16.5. The zero-order chi connectivity index (χ0) is 25.2. The highest BCUT2D eigenvalue weighted by molar-refractivity contribution is 9.10. The molecular weight excluding hydrogens is 504 g/mol. The third kappa shape index (κ3) is 3.63. The molecule has 2 fully saturated rings. The van der Waals surface area contributed by atoms with E-state index in [-0.39, 0.29) is 41.2 Å². The summed E-state index contributed by atoms with van der Waals surface area (Å²) in [4.78, 5) is 38.8. The van der Waals surface area contributed by atoms with Crippen molar-refractivity contribution in [3.05, 3.63) is 58.1 Å². The van der Waals surface area contributed by atoms with Crippen molar-refractivity contribution < 1.29 is 19.1 Å². The number of carbonyl (C=O) groups is 3. The minimum atomic E-state index is -1.11. The van der Waals surface area contributed by atoms with E-state index in [0.717, 1.165) is 35.7 Å². The van der Waals surface area contributed by atoms with E-state index in [0.29, 0.717) is 18.3 Å². The molecule has 0 saturated heterocycles. The molecule has 0 unspecified atom stereocenters. The monoisotopic (exact) mass is 538 g/mol. The zero-order valence-corrected chi connectivity index (χ0v) is 22.7. The number of Topliss-reactive ketones (excluding diaryl/α,β-unsaturated/α-hetero) is 1. The molecule has 5 heteroatoms. The van der Waals surface area contributed by atoms with Crippen LogP contribution < -0.4 is 0 Å². The summed E-state index contributed by atoms with van der Waals surface area (Å²) in [5, 5.41) is 0. The van der Waals surface area contributed by atoms with Crippen molar-refractivity contribution in [2.24, 2.45) is 34.5 Å². The van der Waals surface area contributed by atoms with Gasteiger partial charge in [-0.3, -0.25) is 14.4 Å². The first-order valence-corrected chi connectivity index (χ1v) is 13.7. The maximum absolute atomic E-state index is 13.4. The Morgan fingerprint density at radius 2 is 1.83 bits per heavy atom. The van der Waals surface area contributed by atoms with Gasteiger partial charge in [0.2, 0.25) is 0 Å².